The van der Waals surface area contributed by atoms with Crippen molar-refractivity contribution in [3.63, 3.8) is 0 Å². The van der Waals surface area contributed by atoms with Crippen molar-refractivity contribution in [3.8, 4) is 6.07 Å². The van der Waals surface area contributed by atoms with Gasteiger partial charge < -0.3 is 9.64 Å². The van der Waals surface area contributed by atoms with E-state index in [0.717, 1.165) is 17.7 Å². The van der Waals surface area contributed by atoms with Gasteiger partial charge in [0.1, 0.15) is 12.6 Å². The van der Waals surface area contributed by atoms with Crippen LogP contribution in [0, 0.1) is 18.3 Å². The summed E-state index contributed by atoms with van der Waals surface area (Å²) in [5, 5.41) is 9.16. The number of hydrogen-bond donors (Lipinski definition) is 0. The summed E-state index contributed by atoms with van der Waals surface area (Å²) in [6.07, 6.45) is 0.899. The second kappa shape index (κ2) is 6.65. The van der Waals surface area contributed by atoms with Crippen LogP contribution in [0.15, 0.2) is 18.2 Å². The first-order valence-corrected chi connectivity index (χ1v) is 5.95. The number of esters is 1. The van der Waals surface area contributed by atoms with E-state index in [2.05, 4.69) is 6.07 Å². The van der Waals surface area contributed by atoms with Crippen molar-refractivity contribution in [2.45, 2.75) is 20.3 Å². The molecule has 0 amide bonds. The van der Waals surface area contributed by atoms with Crippen molar-refractivity contribution in [2.75, 3.05) is 25.1 Å². The predicted molar refractivity (Wildman–Crippen MR) is 70.4 cm³/mol. The predicted octanol–water partition coefficient (Wildman–Crippen LogP) is 2.26. The molecule has 0 saturated carbocycles. The molecule has 0 bridgehead atoms. The van der Waals surface area contributed by atoms with Crippen molar-refractivity contribution in [2.24, 2.45) is 0 Å². The molecule has 0 radical (unpaired) electrons. The number of aryl methyl sites for hydroxylation is 1. The van der Waals surface area contributed by atoms with E-state index in [1.165, 1.54) is 7.11 Å². The molecule has 18 heavy (non-hydrogen) atoms. The SMILES string of the molecule is CCCN(CC(=O)OC)c1c(C)cccc1C#N. The van der Waals surface area contributed by atoms with E-state index in [4.69, 9.17) is 10.00 Å². The van der Waals surface area contributed by atoms with Gasteiger partial charge in [-0.15, -0.1) is 0 Å². The molecule has 0 unspecified atom stereocenters. The molecule has 0 N–H and O–H groups in total. The molecule has 4 heteroatoms. The lowest BCUT2D eigenvalue weighted by molar-refractivity contribution is -0.138. The van der Waals surface area contributed by atoms with E-state index in [1.807, 2.05) is 30.9 Å². The maximum atomic E-state index is 11.4. The highest BCUT2D eigenvalue weighted by Crippen LogP contribution is 2.24. The monoisotopic (exact) mass is 246 g/mol. The molecule has 0 fully saturated rings. The minimum Gasteiger partial charge on any atom is -0.468 e. The number of para-hydroxylation sites is 1. The van der Waals surface area contributed by atoms with Crippen LogP contribution in [0.25, 0.3) is 0 Å². The number of nitriles is 1. The molecule has 1 aromatic carbocycles. The standard InChI is InChI=1S/C14H18N2O2/c1-4-8-16(10-13(17)18-3)14-11(2)6-5-7-12(14)9-15/h5-7H,4,8,10H2,1-3H3. The zero-order valence-electron chi connectivity index (χ0n) is 11.1. The summed E-state index contributed by atoms with van der Waals surface area (Å²) in [4.78, 5) is 13.3. The van der Waals surface area contributed by atoms with Crippen LogP contribution in [-0.2, 0) is 9.53 Å². The van der Waals surface area contributed by atoms with Gasteiger partial charge in [0.15, 0.2) is 0 Å². The minimum atomic E-state index is -0.296. The summed E-state index contributed by atoms with van der Waals surface area (Å²) < 4.78 is 4.70. The zero-order chi connectivity index (χ0) is 13.5. The van der Waals surface area contributed by atoms with E-state index in [0.29, 0.717) is 12.1 Å². The van der Waals surface area contributed by atoms with Crippen molar-refractivity contribution in [1.82, 2.24) is 0 Å². The summed E-state index contributed by atoms with van der Waals surface area (Å²) in [7, 11) is 1.37. The van der Waals surface area contributed by atoms with E-state index < -0.39 is 0 Å². The Balaban J connectivity index is 3.13. The van der Waals surface area contributed by atoms with Gasteiger partial charge in [-0.2, -0.15) is 5.26 Å². The van der Waals surface area contributed by atoms with Crippen LogP contribution >= 0.6 is 0 Å². The number of ether oxygens (including phenoxy) is 1. The smallest absolute Gasteiger partial charge is 0.325 e. The third-order valence-electron chi connectivity index (χ3n) is 2.72. The van der Waals surface area contributed by atoms with E-state index in [9.17, 15) is 4.79 Å². The Morgan fingerprint density at radius 1 is 1.50 bits per heavy atom. The minimum absolute atomic E-state index is 0.171. The Morgan fingerprint density at radius 2 is 2.22 bits per heavy atom. The van der Waals surface area contributed by atoms with Crippen molar-refractivity contribution < 1.29 is 9.53 Å². The van der Waals surface area contributed by atoms with E-state index in [1.54, 1.807) is 6.07 Å². The largest absolute Gasteiger partial charge is 0.468 e. The second-order valence-corrected chi connectivity index (χ2v) is 4.08. The molecule has 0 aromatic heterocycles. The topological polar surface area (TPSA) is 53.3 Å². The first kappa shape index (κ1) is 14.0. The molecule has 0 heterocycles. The summed E-state index contributed by atoms with van der Waals surface area (Å²) >= 11 is 0. The Bertz CT molecular complexity index is 463. The van der Waals surface area contributed by atoms with E-state index in [-0.39, 0.29) is 12.5 Å². The highest BCUT2D eigenvalue weighted by Gasteiger charge is 2.16. The molecular weight excluding hydrogens is 228 g/mol. The number of carbonyl (C=O) groups excluding carboxylic acids is 1. The van der Waals surface area contributed by atoms with Crippen molar-refractivity contribution in [3.05, 3.63) is 29.3 Å². The van der Waals surface area contributed by atoms with Gasteiger partial charge in [0.2, 0.25) is 0 Å². The summed E-state index contributed by atoms with van der Waals surface area (Å²) in [5.41, 5.74) is 2.41. The molecule has 96 valence electrons. The quantitative estimate of drug-likeness (QED) is 0.748. The van der Waals surface area contributed by atoms with Gasteiger partial charge in [-0.25, -0.2) is 0 Å². The van der Waals surface area contributed by atoms with Crippen LogP contribution in [0.1, 0.15) is 24.5 Å². The third kappa shape index (κ3) is 3.24. The normalized spacial score (nSPS) is 9.67. The van der Waals surface area contributed by atoms with Crippen LogP contribution in [0.3, 0.4) is 0 Å². The van der Waals surface area contributed by atoms with Crippen LogP contribution in [0.2, 0.25) is 0 Å². The molecule has 0 atom stereocenters. The average Bonchev–Trinajstić information content (AvgIpc) is 2.37. The highest BCUT2D eigenvalue weighted by atomic mass is 16.5. The van der Waals surface area contributed by atoms with Gasteiger partial charge in [-0.1, -0.05) is 19.1 Å². The molecule has 1 rings (SSSR count). The van der Waals surface area contributed by atoms with Crippen LogP contribution in [-0.4, -0.2) is 26.2 Å². The number of rotatable bonds is 5. The Kier molecular flexibility index (Phi) is 5.19. The number of carbonyl (C=O) groups is 1. The van der Waals surface area contributed by atoms with Gasteiger partial charge in [0.25, 0.3) is 0 Å². The van der Waals surface area contributed by atoms with Crippen molar-refractivity contribution >= 4 is 11.7 Å². The maximum absolute atomic E-state index is 11.4. The number of anilines is 1. The summed E-state index contributed by atoms with van der Waals surface area (Å²) in [5.74, 6) is -0.296. The molecule has 0 aliphatic rings. The Labute approximate surface area is 108 Å². The van der Waals surface area contributed by atoms with Gasteiger partial charge in [0, 0.05) is 6.54 Å². The fourth-order valence-electron chi connectivity index (χ4n) is 1.93. The zero-order valence-corrected chi connectivity index (χ0v) is 11.1. The van der Waals surface area contributed by atoms with Gasteiger partial charge in [0.05, 0.1) is 18.4 Å². The van der Waals surface area contributed by atoms with Gasteiger partial charge in [-0.05, 0) is 25.0 Å². The number of hydrogen-bond acceptors (Lipinski definition) is 4. The maximum Gasteiger partial charge on any atom is 0.325 e. The highest BCUT2D eigenvalue weighted by molar-refractivity contribution is 5.77. The first-order chi connectivity index (χ1) is 8.63. The van der Waals surface area contributed by atoms with E-state index >= 15 is 0 Å². The lowest BCUT2D eigenvalue weighted by atomic mass is 10.1. The Hall–Kier alpha value is -2.02. The lowest BCUT2D eigenvalue weighted by Crippen LogP contribution is -2.32. The molecule has 0 spiro atoms. The molecule has 0 aliphatic carbocycles. The second-order valence-electron chi connectivity index (χ2n) is 4.08. The third-order valence-corrected chi connectivity index (χ3v) is 2.72. The van der Waals surface area contributed by atoms with Gasteiger partial charge in [-0.3, -0.25) is 4.79 Å². The Morgan fingerprint density at radius 3 is 2.78 bits per heavy atom. The van der Waals surface area contributed by atoms with Gasteiger partial charge >= 0.3 is 5.97 Å². The summed E-state index contributed by atoms with van der Waals surface area (Å²) in [6, 6.07) is 7.73. The molecule has 0 aliphatic heterocycles. The molecule has 1 aromatic rings. The van der Waals surface area contributed by atoms with Crippen LogP contribution in [0.4, 0.5) is 5.69 Å². The molecule has 0 saturated heterocycles. The first-order valence-electron chi connectivity index (χ1n) is 5.95. The van der Waals surface area contributed by atoms with Crippen LogP contribution < -0.4 is 4.90 Å². The fourth-order valence-corrected chi connectivity index (χ4v) is 1.93. The molecular formula is C14H18N2O2. The van der Waals surface area contributed by atoms with Crippen molar-refractivity contribution in [1.29, 1.82) is 5.26 Å². The summed E-state index contributed by atoms with van der Waals surface area (Å²) in [6.45, 7) is 4.86. The number of benzene rings is 1. The average molecular weight is 246 g/mol. The molecule has 4 nitrogen and oxygen atoms in total. The van der Waals surface area contributed by atoms with Crippen LogP contribution in [0.5, 0.6) is 0 Å². The fraction of sp³-hybridized carbons (Fsp3) is 0.429. The number of methoxy groups -OCH3 is 1. The number of nitrogens with zero attached hydrogens (tertiary/aromatic N) is 2. The lowest BCUT2D eigenvalue weighted by Gasteiger charge is -2.25.